The third kappa shape index (κ3) is 3.48. The fraction of sp³-hybridized carbons (Fsp3) is 0.333. The molecule has 0 atom stereocenters. The second-order valence-electron chi connectivity index (χ2n) is 4.56. The Labute approximate surface area is 115 Å². The molecular formula is C12H14ClN3OS. The summed E-state index contributed by atoms with van der Waals surface area (Å²) in [7, 11) is 0. The van der Waals surface area contributed by atoms with Crippen LogP contribution in [0.1, 0.15) is 13.8 Å². The van der Waals surface area contributed by atoms with Crippen molar-refractivity contribution in [1.82, 2.24) is 14.8 Å². The number of hydrogen-bond acceptors (Lipinski definition) is 4. The molecule has 2 rings (SSSR count). The molecule has 0 amide bonds. The highest BCUT2D eigenvalue weighted by Gasteiger charge is 2.16. The zero-order valence-electron chi connectivity index (χ0n) is 10.2. The molecule has 0 aliphatic heterocycles. The average Bonchev–Trinajstić information content (AvgIpc) is 2.73. The molecule has 1 aromatic heterocycles. The van der Waals surface area contributed by atoms with Crippen LogP contribution in [0.5, 0.6) is 0 Å². The highest BCUT2D eigenvalue weighted by Crippen LogP contribution is 2.24. The van der Waals surface area contributed by atoms with Gasteiger partial charge in [0.1, 0.15) is 6.33 Å². The molecule has 1 aromatic carbocycles. The van der Waals surface area contributed by atoms with Crippen LogP contribution in [-0.4, -0.2) is 31.2 Å². The molecule has 0 bridgehead atoms. The summed E-state index contributed by atoms with van der Waals surface area (Å²) in [6, 6.07) is 7.48. The van der Waals surface area contributed by atoms with Crippen molar-refractivity contribution in [1.29, 1.82) is 0 Å². The Morgan fingerprint density at radius 2 is 2.22 bits per heavy atom. The fourth-order valence-electron chi connectivity index (χ4n) is 1.37. The van der Waals surface area contributed by atoms with E-state index in [0.717, 1.165) is 10.8 Å². The van der Waals surface area contributed by atoms with Crippen LogP contribution in [0.4, 0.5) is 0 Å². The van der Waals surface area contributed by atoms with Gasteiger partial charge in [0, 0.05) is 10.8 Å². The van der Waals surface area contributed by atoms with E-state index in [1.54, 1.807) is 20.2 Å². The van der Waals surface area contributed by atoms with Crippen LogP contribution in [0, 0.1) is 0 Å². The highest BCUT2D eigenvalue weighted by atomic mass is 35.5. The molecule has 1 heterocycles. The van der Waals surface area contributed by atoms with Crippen LogP contribution in [-0.2, 0) is 0 Å². The maximum absolute atomic E-state index is 9.72. The number of thioether (sulfide) groups is 1. The number of nitrogens with zero attached hydrogens (tertiary/aromatic N) is 3. The number of rotatable bonds is 4. The van der Waals surface area contributed by atoms with E-state index in [1.807, 2.05) is 28.8 Å². The maximum atomic E-state index is 9.72. The summed E-state index contributed by atoms with van der Waals surface area (Å²) < 4.78 is 1.85. The van der Waals surface area contributed by atoms with Gasteiger partial charge in [-0.15, -0.1) is 10.2 Å². The van der Waals surface area contributed by atoms with Crippen LogP contribution < -0.4 is 0 Å². The van der Waals surface area contributed by atoms with Gasteiger partial charge >= 0.3 is 0 Å². The van der Waals surface area contributed by atoms with E-state index in [4.69, 9.17) is 11.6 Å². The van der Waals surface area contributed by atoms with Crippen molar-refractivity contribution < 1.29 is 5.11 Å². The molecule has 0 fully saturated rings. The quantitative estimate of drug-likeness (QED) is 0.877. The van der Waals surface area contributed by atoms with E-state index in [9.17, 15) is 5.11 Å². The summed E-state index contributed by atoms with van der Waals surface area (Å²) >= 11 is 7.42. The van der Waals surface area contributed by atoms with Crippen LogP contribution >= 0.6 is 23.4 Å². The zero-order chi connectivity index (χ0) is 13.2. The molecule has 2 aromatic rings. The minimum atomic E-state index is -0.740. The lowest BCUT2D eigenvalue weighted by Crippen LogP contribution is -2.22. The first-order chi connectivity index (χ1) is 8.46. The van der Waals surface area contributed by atoms with E-state index in [2.05, 4.69) is 10.2 Å². The Kier molecular flexibility index (Phi) is 3.94. The predicted molar refractivity (Wildman–Crippen MR) is 73.4 cm³/mol. The molecule has 1 N–H and O–H groups in total. The van der Waals surface area contributed by atoms with Gasteiger partial charge in [0.05, 0.1) is 11.3 Å². The molecule has 0 aliphatic carbocycles. The Bertz CT molecular complexity index is 536. The molecule has 0 radical (unpaired) electrons. The van der Waals surface area contributed by atoms with Gasteiger partial charge in [0.15, 0.2) is 5.16 Å². The fourth-order valence-corrected chi connectivity index (χ4v) is 2.43. The van der Waals surface area contributed by atoms with E-state index in [0.29, 0.717) is 10.8 Å². The molecule has 0 saturated heterocycles. The molecule has 96 valence electrons. The normalized spacial score (nSPS) is 11.8. The largest absolute Gasteiger partial charge is 0.390 e. The smallest absolute Gasteiger partial charge is 0.195 e. The highest BCUT2D eigenvalue weighted by molar-refractivity contribution is 7.99. The van der Waals surface area contributed by atoms with Gasteiger partial charge in [-0.2, -0.15) is 0 Å². The van der Waals surface area contributed by atoms with E-state index < -0.39 is 5.60 Å². The topological polar surface area (TPSA) is 50.9 Å². The molecule has 18 heavy (non-hydrogen) atoms. The van der Waals surface area contributed by atoms with Crippen LogP contribution in [0.25, 0.3) is 5.69 Å². The minimum Gasteiger partial charge on any atom is -0.390 e. The molecular weight excluding hydrogens is 270 g/mol. The van der Waals surface area contributed by atoms with Crippen molar-refractivity contribution >= 4 is 23.4 Å². The van der Waals surface area contributed by atoms with Crippen molar-refractivity contribution in [3.63, 3.8) is 0 Å². The maximum Gasteiger partial charge on any atom is 0.195 e. The SMILES string of the molecule is CC(C)(O)CSc1nncn1-c1cccc(Cl)c1. The van der Waals surface area contributed by atoms with E-state index >= 15 is 0 Å². The Morgan fingerprint density at radius 1 is 1.44 bits per heavy atom. The summed E-state index contributed by atoms with van der Waals surface area (Å²) in [6.07, 6.45) is 1.64. The van der Waals surface area contributed by atoms with Crippen molar-refractivity contribution in [3.8, 4) is 5.69 Å². The summed E-state index contributed by atoms with van der Waals surface area (Å²) in [5.74, 6) is 0.548. The average molecular weight is 284 g/mol. The zero-order valence-corrected chi connectivity index (χ0v) is 11.7. The third-order valence-corrected chi connectivity index (χ3v) is 3.78. The first kappa shape index (κ1) is 13.4. The van der Waals surface area contributed by atoms with Gasteiger partial charge in [-0.1, -0.05) is 29.4 Å². The van der Waals surface area contributed by atoms with Gasteiger partial charge in [-0.3, -0.25) is 4.57 Å². The standard InChI is InChI=1S/C12H14ClN3OS/c1-12(2,17)7-18-11-15-14-8-16(11)10-5-3-4-9(13)6-10/h3-6,8,17H,7H2,1-2H3. The molecule has 0 aliphatic rings. The van der Waals surface area contributed by atoms with E-state index in [1.165, 1.54) is 11.8 Å². The van der Waals surface area contributed by atoms with Crippen molar-refractivity contribution in [2.45, 2.75) is 24.6 Å². The monoisotopic (exact) mass is 283 g/mol. The van der Waals surface area contributed by atoms with Crippen molar-refractivity contribution in [2.75, 3.05) is 5.75 Å². The van der Waals surface area contributed by atoms with E-state index in [-0.39, 0.29) is 0 Å². The van der Waals surface area contributed by atoms with Crippen molar-refractivity contribution in [3.05, 3.63) is 35.6 Å². The summed E-state index contributed by atoms with van der Waals surface area (Å²) in [5.41, 5.74) is 0.168. The number of halogens is 1. The predicted octanol–water partition coefficient (Wildman–Crippen LogP) is 2.78. The van der Waals surface area contributed by atoms with Crippen LogP contribution in [0.15, 0.2) is 35.7 Å². The second-order valence-corrected chi connectivity index (χ2v) is 5.94. The lowest BCUT2D eigenvalue weighted by molar-refractivity contribution is 0.107. The van der Waals surface area contributed by atoms with Gasteiger partial charge in [-0.05, 0) is 32.0 Å². The number of aromatic nitrogens is 3. The Balaban J connectivity index is 2.23. The Morgan fingerprint density at radius 3 is 2.89 bits per heavy atom. The lowest BCUT2D eigenvalue weighted by Gasteiger charge is -2.15. The van der Waals surface area contributed by atoms with Crippen molar-refractivity contribution in [2.24, 2.45) is 0 Å². The first-order valence-corrected chi connectivity index (χ1v) is 6.83. The van der Waals surface area contributed by atoms with Gasteiger partial charge in [-0.25, -0.2) is 0 Å². The molecule has 0 spiro atoms. The summed E-state index contributed by atoms with van der Waals surface area (Å²) in [4.78, 5) is 0. The third-order valence-electron chi connectivity index (χ3n) is 2.16. The van der Waals surface area contributed by atoms with Gasteiger partial charge < -0.3 is 5.11 Å². The first-order valence-electron chi connectivity index (χ1n) is 5.47. The number of benzene rings is 1. The molecule has 6 heteroatoms. The molecule has 4 nitrogen and oxygen atoms in total. The molecule has 0 unspecified atom stereocenters. The Hall–Kier alpha value is -1.04. The number of hydrogen-bond donors (Lipinski definition) is 1. The minimum absolute atomic E-state index is 0.548. The van der Waals surface area contributed by atoms with Crippen LogP contribution in [0.2, 0.25) is 5.02 Å². The lowest BCUT2D eigenvalue weighted by atomic mass is 10.2. The summed E-state index contributed by atoms with van der Waals surface area (Å²) in [6.45, 7) is 3.53. The number of aliphatic hydroxyl groups is 1. The molecule has 0 saturated carbocycles. The van der Waals surface area contributed by atoms with Crippen LogP contribution in [0.3, 0.4) is 0 Å². The second kappa shape index (κ2) is 5.30. The van der Waals surface area contributed by atoms with Gasteiger partial charge in [0.25, 0.3) is 0 Å². The van der Waals surface area contributed by atoms with Gasteiger partial charge in [0.2, 0.25) is 0 Å². The summed E-state index contributed by atoms with van der Waals surface area (Å²) in [5, 5.41) is 19.1.